The van der Waals surface area contributed by atoms with E-state index in [4.69, 9.17) is 14.5 Å². The van der Waals surface area contributed by atoms with Gasteiger partial charge in [0, 0.05) is 11.6 Å². The Hall–Kier alpha value is -2.73. The van der Waals surface area contributed by atoms with Gasteiger partial charge in [0.25, 0.3) is 5.91 Å². The van der Waals surface area contributed by atoms with Crippen LogP contribution in [0.1, 0.15) is 50.2 Å². The minimum atomic E-state index is 0.0273. The van der Waals surface area contributed by atoms with E-state index < -0.39 is 0 Å². The van der Waals surface area contributed by atoms with Gasteiger partial charge >= 0.3 is 0 Å². The number of aryl methyl sites for hydroxylation is 1. The highest BCUT2D eigenvalue weighted by atomic mass is 32.2. The van der Waals surface area contributed by atoms with Gasteiger partial charge in [0.2, 0.25) is 0 Å². The van der Waals surface area contributed by atoms with Crippen LogP contribution in [0.3, 0.4) is 0 Å². The summed E-state index contributed by atoms with van der Waals surface area (Å²) in [6, 6.07) is 14.0. The molecule has 0 bridgehead atoms. The molecule has 1 amide bonds. The molecule has 0 unspecified atom stereocenters. The Morgan fingerprint density at radius 3 is 2.59 bits per heavy atom. The highest BCUT2D eigenvalue weighted by Crippen LogP contribution is 2.40. The molecule has 0 radical (unpaired) electrons. The number of ether oxygens (including phenoxy) is 2. The van der Waals surface area contributed by atoms with Crippen molar-refractivity contribution in [2.75, 3.05) is 14.2 Å². The second-order valence-corrected chi connectivity index (χ2v) is 9.07. The molecule has 2 aromatic carbocycles. The number of nitrogens with zero attached hydrogens (tertiary/aromatic N) is 2. The van der Waals surface area contributed by atoms with E-state index in [0.29, 0.717) is 10.7 Å². The van der Waals surface area contributed by atoms with Crippen molar-refractivity contribution in [3.05, 3.63) is 58.5 Å². The number of rotatable bonds is 6. The molecule has 6 heteroatoms. The van der Waals surface area contributed by atoms with Crippen molar-refractivity contribution in [3.8, 4) is 11.5 Å². The molecule has 1 aliphatic carbocycles. The lowest BCUT2D eigenvalue weighted by atomic mass is 9.94. The molecule has 2 aliphatic rings. The zero-order valence-corrected chi connectivity index (χ0v) is 19.8. The number of aliphatic imine (C=N–C) groups is 1. The fraction of sp³-hybridized carbons (Fsp3) is 0.385. The summed E-state index contributed by atoms with van der Waals surface area (Å²) in [5.74, 6) is 1.46. The summed E-state index contributed by atoms with van der Waals surface area (Å²) in [6.07, 6.45) is 8.39. The van der Waals surface area contributed by atoms with E-state index in [0.717, 1.165) is 54.3 Å². The lowest BCUT2D eigenvalue weighted by Crippen LogP contribution is -2.40. The van der Waals surface area contributed by atoms with Gasteiger partial charge in [0.15, 0.2) is 5.17 Å². The summed E-state index contributed by atoms with van der Waals surface area (Å²) in [4.78, 5) is 21.2. The first-order chi connectivity index (χ1) is 15.6. The highest BCUT2D eigenvalue weighted by Gasteiger charge is 2.38. The van der Waals surface area contributed by atoms with Gasteiger partial charge in [-0.15, -0.1) is 0 Å². The first kappa shape index (κ1) is 22.5. The number of carbonyl (C=O) groups excluding carboxylic acids is 1. The van der Waals surface area contributed by atoms with Crippen LogP contribution in [0.25, 0.3) is 6.08 Å². The number of methoxy groups -OCH3 is 2. The SMILES string of the molecule is CCc1ccccc1N=C1S/C(=C/c2cc(OC)ccc2OC)C(=O)N1C1CCCCC1. The number of thioether (sulfide) groups is 1. The van der Waals surface area contributed by atoms with Gasteiger partial charge in [0.05, 0.1) is 24.8 Å². The smallest absolute Gasteiger partial charge is 0.267 e. The Labute approximate surface area is 194 Å². The highest BCUT2D eigenvalue weighted by molar-refractivity contribution is 8.18. The van der Waals surface area contributed by atoms with Crippen LogP contribution < -0.4 is 9.47 Å². The Kier molecular flexibility index (Phi) is 7.20. The monoisotopic (exact) mass is 450 g/mol. The van der Waals surface area contributed by atoms with E-state index in [-0.39, 0.29) is 11.9 Å². The van der Waals surface area contributed by atoms with Crippen molar-refractivity contribution < 1.29 is 14.3 Å². The zero-order chi connectivity index (χ0) is 22.5. The Morgan fingerprint density at radius 2 is 1.88 bits per heavy atom. The number of benzene rings is 2. The van der Waals surface area contributed by atoms with E-state index >= 15 is 0 Å². The standard InChI is InChI=1S/C26H30N2O3S/c1-4-18-10-8-9-13-22(18)27-26-28(20-11-6-5-7-12-20)25(29)24(32-26)17-19-16-21(30-2)14-15-23(19)31-3/h8-10,13-17,20H,4-7,11-12H2,1-3H3/b24-17+,27-26?. The largest absolute Gasteiger partial charge is 0.497 e. The molecule has 0 spiro atoms. The topological polar surface area (TPSA) is 51.1 Å². The molecule has 2 aromatic rings. The van der Waals surface area contributed by atoms with Crippen LogP contribution in [-0.2, 0) is 11.2 Å². The van der Waals surface area contributed by atoms with Crippen LogP contribution in [0.4, 0.5) is 5.69 Å². The van der Waals surface area contributed by atoms with E-state index in [2.05, 4.69) is 13.0 Å². The van der Waals surface area contributed by atoms with Gasteiger partial charge in [-0.3, -0.25) is 9.69 Å². The fourth-order valence-electron chi connectivity index (χ4n) is 4.34. The summed E-state index contributed by atoms with van der Waals surface area (Å²) in [6.45, 7) is 2.13. The van der Waals surface area contributed by atoms with Gasteiger partial charge in [0.1, 0.15) is 11.5 Å². The molecule has 1 heterocycles. The fourth-order valence-corrected chi connectivity index (χ4v) is 5.38. The molecule has 2 fully saturated rings. The van der Waals surface area contributed by atoms with Crippen molar-refractivity contribution >= 4 is 34.6 Å². The Balaban J connectivity index is 1.76. The minimum absolute atomic E-state index is 0.0273. The van der Waals surface area contributed by atoms with Crippen molar-refractivity contribution in [3.63, 3.8) is 0 Å². The maximum absolute atomic E-state index is 13.6. The molecule has 32 heavy (non-hydrogen) atoms. The maximum Gasteiger partial charge on any atom is 0.267 e. The molecule has 0 N–H and O–H groups in total. The van der Waals surface area contributed by atoms with Crippen LogP contribution in [0.5, 0.6) is 11.5 Å². The van der Waals surface area contributed by atoms with Crippen LogP contribution >= 0.6 is 11.8 Å². The predicted octanol–water partition coefficient (Wildman–Crippen LogP) is 6.20. The summed E-state index contributed by atoms with van der Waals surface area (Å²) < 4.78 is 10.9. The second-order valence-electron chi connectivity index (χ2n) is 8.06. The molecular weight excluding hydrogens is 420 g/mol. The maximum atomic E-state index is 13.6. The quantitative estimate of drug-likeness (QED) is 0.492. The third-order valence-electron chi connectivity index (χ3n) is 6.09. The van der Waals surface area contributed by atoms with Gasteiger partial charge in [-0.25, -0.2) is 4.99 Å². The molecule has 4 rings (SSSR count). The van der Waals surface area contributed by atoms with E-state index in [9.17, 15) is 4.79 Å². The van der Waals surface area contributed by atoms with Gasteiger partial charge in [-0.1, -0.05) is 44.4 Å². The molecule has 5 nitrogen and oxygen atoms in total. The van der Waals surface area contributed by atoms with Gasteiger partial charge < -0.3 is 9.47 Å². The third-order valence-corrected chi connectivity index (χ3v) is 7.07. The average molecular weight is 451 g/mol. The summed E-state index contributed by atoms with van der Waals surface area (Å²) in [5, 5.41) is 0.774. The van der Waals surface area contributed by atoms with E-state index in [1.54, 1.807) is 14.2 Å². The number of para-hydroxylation sites is 1. The molecule has 0 atom stereocenters. The molecular formula is C26H30N2O3S. The van der Waals surface area contributed by atoms with Crippen LogP contribution in [0.15, 0.2) is 52.4 Å². The molecule has 168 valence electrons. The van der Waals surface area contributed by atoms with Crippen molar-refractivity contribution in [1.82, 2.24) is 4.90 Å². The second kappa shape index (κ2) is 10.3. The average Bonchev–Trinajstić information content (AvgIpc) is 3.14. The number of carbonyl (C=O) groups is 1. The summed E-state index contributed by atoms with van der Waals surface area (Å²) in [5.41, 5.74) is 2.94. The van der Waals surface area contributed by atoms with E-state index in [1.807, 2.05) is 47.4 Å². The van der Waals surface area contributed by atoms with Crippen LogP contribution in [-0.4, -0.2) is 36.2 Å². The predicted molar refractivity (Wildman–Crippen MR) is 132 cm³/mol. The van der Waals surface area contributed by atoms with Gasteiger partial charge in [-0.2, -0.15) is 0 Å². The number of hydrogen-bond donors (Lipinski definition) is 0. The summed E-state index contributed by atoms with van der Waals surface area (Å²) >= 11 is 1.45. The van der Waals surface area contributed by atoms with Gasteiger partial charge in [-0.05, 0) is 66.9 Å². The lowest BCUT2D eigenvalue weighted by Gasteiger charge is -2.30. The molecule has 1 aliphatic heterocycles. The Morgan fingerprint density at radius 1 is 1.09 bits per heavy atom. The first-order valence-corrected chi connectivity index (χ1v) is 12.1. The minimum Gasteiger partial charge on any atom is -0.497 e. The molecule has 1 saturated heterocycles. The normalized spacial score (nSPS) is 19.7. The van der Waals surface area contributed by atoms with Crippen LogP contribution in [0, 0.1) is 0 Å². The third kappa shape index (κ3) is 4.70. The Bertz CT molecular complexity index is 1040. The summed E-state index contributed by atoms with van der Waals surface area (Å²) in [7, 11) is 3.27. The van der Waals surface area contributed by atoms with Crippen LogP contribution in [0.2, 0.25) is 0 Å². The molecule has 1 saturated carbocycles. The molecule has 0 aromatic heterocycles. The van der Waals surface area contributed by atoms with E-state index in [1.165, 1.54) is 23.7 Å². The number of hydrogen-bond acceptors (Lipinski definition) is 5. The zero-order valence-electron chi connectivity index (χ0n) is 19.0. The lowest BCUT2D eigenvalue weighted by molar-refractivity contribution is -0.124. The van der Waals surface area contributed by atoms with Crippen molar-refractivity contribution in [2.45, 2.75) is 51.5 Å². The van der Waals surface area contributed by atoms with Crippen molar-refractivity contribution in [1.29, 1.82) is 0 Å². The number of amidine groups is 1. The van der Waals surface area contributed by atoms with Crippen molar-refractivity contribution in [2.24, 2.45) is 4.99 Å². The number of amides is 1. The first-order valence-electron chi connectivity index (χ1n) is 11.3.